The SMILES string of the molecule is O=S(=O)(NCCSc1cc(C(F)(F)F)nc2ccccc12)c1ccccc1Cl. The molecule has 4 nitrogen and oxygen atoms in total. The van der Waals surface area contributed by atoms with Crippen molar-refractivity contribution in [3.63, 3.8) is 0 Å². The zero-order chi connectivity index (χ0) is 20.4. The Kier molecular flexibility index (Phi) is 6.18. The first-order valence-electron chi connectivity index (χ1n) is 8.02. The van der Waals surface area contributed by atoms with Gasteiger partial charge >= 0.3 is 6.18 Å². The Balaban J connectivity index is 1.75. The summed E-state index contributed by atoms with van der Waals surface area (Å²) in [5, 5.41) is 0.673. The number of rotatable bonds is 6. The lowest BCUT2D eigenvalue weighted by atomic mass is 10.2. The van der Waals surface area contributed by atoms with E-state index in [1.807, 2.05) is 0 Å². The molecule has 0 saturated heterocycles. The van der Waals surface area contributed by atoms with Gasteiger partial charge in [0.25, 0.3) is 0 Å². The Morgan fingerprint density at radius 1 is 1.07 bits per heavy atom. The van der Waals surface area contributed by atoms with E-state index >= 15 is 0 Å². The number of para-hydroxylation sites is 1. The minimum atomic E-state index is -4.56. The van der Waals surface area contributed by atoms with Gasteiger partial charge in [-0.15, -0.1) is 11.8 Å². The topological polar surface area (TPSA) is 59.1 Å². The van der Waals surface area contributed by atoms with Crippen LogP contribution in [0.4, 0.5) is 13.2 Å². The first-order chi connectivity index (χ1) is 13.2. The highest BCUT2D eigenvalue weighted by Gasteiger charge is 2.33. The van der Waals surface area contributed by atoms with Crippen LogP contribution in [-0.4, -0.2) is 25.7 Å². The van der Waals surface area contributed by atoms with E-state index in [-0.39, 0.29) is 27.7 Å². The zero-order valence-corrected chi connectivity index (χ0v) is 16.6. The summed E-state index contributed by atoms with van der Waals surface area (Å²) in [6.07, 6.45) is -4.56. The van der Waals surface area contributed by atoms with E-state index in [0.717, 1.165) is 17.8 Å². The van der Waals surface area contributed by atoms with Crippen molar-refractivity contribution in [3.8, 4) is 0 Å². The summed E-state index contributed by atoms with van der Waals surface area (Å²) < 4.78 is 66.3. The highest BCUT2D eigenvalue weighted by molar-refractivity contribution is 7.99. The molecule has 0 spiro atoms. The van der Waals surface area contributed by atoms with Crippen LogP contribution in [0.25, 0.3) is 10.9 Å². The molecule has 0 fully saturated rings. The lowest BCUT2D eigenvalue weighted by Crippen LogP contribution is -2.26. The van der Waals surface area contributed by atoms with Crippen LogP contribution in [0.15, 0.2) is 64.4 Å². The normalized spacial score (nSPS) is 12.4. The number of nitrogens with one attached hydrogen (secondary N) is 1. The zero-order valence-electron chi connectivity index (χ0n) is 14.2. The van der Waals surface area contributed by atoms with Crippen molar-refractivity contribution in [1.29, 1.82) is 0 Å². The van der Waals surface area contributed by atoms with Crippen molar-refractivity contribution < 1.29 is 21.6 Å². The molecule has 3 aromatic rings. The molecule has 0 unspecified atom stereocenters. The smallest absolute Gasteiger partial charge is 0.243 e. The van der Waals surface area contributed by atoms with Gasteiger partial charge in [-0.3, -0.25) is 0 Å². The van der Waals surface area contributed by atoms with Gasteiger partial charge in [-0.1, -0.05) is 41.9 Å². The second kappa shape index (κ2) is 8.28. The quantitative estimate of drug-likeness (QED) is 0.428. The standard InChI is InChI=1S/C18H14ClF3N2O2S2/c19-13-6-2-4-8-16(13)28(25,26)23-9-10-27-15-11-17(18(20,21)22)24-14-7-3-1-5-12(14)15/h1-8,11,23H,9-10H2. The molecular weight excluding hydrogens is 433 g/mol. The van der Waals surface area contributed by atoms with Crippen molar-refractivity contribution in [2.24, 2.45) is 0 Å². The number of halogens is 4. The van der Waals surface area contributed by atoms with Gasteiger partial charge < -0.3 is 0 Å². The molecule has 28 heavy (non-hydrogen) atoms. The number of aromatic nitrogens is 1. The van der Waals surface area contributed by atoms with Crippen molar-refractivity contribution in [2.75, 3.05) is 12.3 Å². The maximum Gasteiger partial charge on any atom is 0.433 e. The van der Waals surface area contributed by atoms with Crippen LogP contribution in [0.5, 0.6) is 0 Å². The third-order valence-corrected chi connectivity index (χ3v) is 6.76. The Bertz CT molecular complexity index is 1110. The fourth-order valence-electron chi connectivity index (χ4n) is 2.49. The van der Waals surface area contributed by atoms with Crippen LogP contribution in [0.3, 0.4) is 0 Å². The molecular formula is C18H14ClF3N2O2S2. The average Bonchev–Trinajstić information content (AvgIpc) is 2.64. The van der Waals surface area contributed by atoms with Crippen molar-refractivity contribution >= 4 is 44.3 Å². The van der Waals surface area contributed by atoms with Gasteiger partial charge in [0.1, 0.15) is 10.6 Å². The number of thioether (sulfide) groups is 1. The molecule has 10 heteroatoms. The van der Waals surface area contributed by atoms with Crippen molar-refractivity contribution in [1.82, 2.24) is 9.71 Å². The van der Waals surface area contributed by atoms with Crippen LogP contribution in [0.2, 0.25) is 5.02 Å². The number of alkyl halides is 3. The van der Waals surface area contributed by atoms with Crippen LogP contribution in [0, 0.1) is 0 Å². The molecule has 1 N–H and O–H groups in total. The summed E-state index contributed by atoms with van der Waals surface area (Å²) in [5.41, 5.74) is -0.748. The van der Waals surface area contributed by atoms with Gasteiger partial charge in [0, 0.05) is 22.6 Å². The van der Waals surface area contributed by atoms with E-state index in [9.17, 15) is 21.6 Å². The monoisotopic (exact) mass is 446 g/mol. The first-order valence-corrected chi connectivity index (χ1v) is 10.9. The summed E-state index contributed by atoms with van der Waals surface area (Å²) in [6.45, 7) is 0.0240. The maximum atomic E-state index is 13.1. The van der Waals surface area contributed by atoms with Crippen LogP contribution in [0.1, 0.15) is 5.69 Å². The molecule has 1 aromatic heterocycles. The van der Waals surface area contributed by atoms with E-state index in [1.165, 1.54) is 18.2 Å². The predicted octanol–water partition coefficient (Wildman–Crippen LogP) is 4.98. The molecule has 0 radical (unpaired) electrons. The molecule has 0 aliphatic carbocycles. The highest BCUT2D eigenvalue weighted by atomic mass is 35.5. The number of pyridine rings is 1. The summed E-state index contributed by atoms with van der Waals surface area (Å²) >= 11 is 7.03. The number of sulfonamides is 1. The van der Waals surface area contributed by atoms with E-state index < -0.39 is 21.9 Å². The summed E-state index contributed by atoms with van der Waals surface area (Å²) in [6, 6.07) is 13.5. The van der Waals surface area contributed by atoms with Gasteiger partial charge in [-0.05, 0) is 24.3 Å². The van der Waals surface area contributed by atoms with E-state index in [2.05, 4.69) is 9.71 Å². The van der Waals surface area contributed by atoms with Gasteiger partial charge in [0.05, 0.1) is 10.5 Å². The Labute approximate surface area is 169 Å². The molecule has 0 aliphatic rings. The van der Waals surface area contributed by atoms with Gasteiger partial charge in [-0.2, -0.15) is 13.2 Å². The van der Waals surface area contributed by atoms with E-state index in [0.29, 0.717) is 10.3 Å². The lowest BCUT2D eigenvalue weighted by molar-refractivity contribution is -0.141. The van der Waals surface area contributed by atoms with Crippen LogP contribution in [-0.2, 0) is 16.2 Å². The number of hydrogen-bond donors (Lipinski definition) is 1. The summed E-state index contributed by atoms with van der Waals surface area (Å²) in [4.78, 5) is 4.00. The number of benzene rings is 2. The third-order valence-electron chi connectivity index (χ3n) is 3.75. The molecule has 0 amide bonds. The fraction of sp³-hybridized carbons (Fsp3) is 0.167. The molecule has 148 valence electrons. The largest absolute Gasteiger partial charge is 0.433 e. The summed E-state index contributed by atoms with van der Waals surface area (Å²) in [7, 11) is -3.81. The molecule has 0 saturated carbocycles. The fourth-order valence-corrected chi connectivity index (χ4v) is 5.11. The minimum Gasteiger partial charge on any atom is -0.243 e. The third kappa shape index (κ3) is 4.78. The number of nitrogens with zero attached hydrogens (tertiary/aromatic N) is 1. The first kappa shape index (κ1) is 20.9. The summed E-state index contributed by atoms with van der Waals surface area (Å²) in [5.74, 6) is 0.231. The highest BCUT2D eigenvalue weighted by Crippen LogP contribution is 2.34. The van der Waals surface area contributed by atoms with Crippen LogP contribution < -0.4 is 4.72 Å². The van der Waals surface area contributed by atoms with Gasteiger partial charge in [0.15, 0.2) is 0 Å². The second-order valence-electron chi connectivity index (χ2n) is 5.70. The number of hydrogen-bond acceptors (Lipinski definition) is 4. The van der Waals surface area contributed by atoms with Gasteiger partial charge in [0.2, 0.25) is 10.0 Å². The predicted molar refractivity (Wildman–Crippen MR) is 104 cm³/mol. The molecule has 1 heterocycles. The average molecular weight is 447 g/mol. The van der Waals surface area contributed by atoms with Gasteiger partial charge in [-0.25, -0.2) is 18.1 Å². The Hall–Kier alpha value is -1.81. The van der Waals surface area contributed by atoms with Crippen LogP contribution >= 0.6 is 23.4 Å². The lowest BCUT2D eigenvalue weighted by Gasteiger charge is -2.12. The minimum absolute atomic E-state index is 0.0240. The Morgan fingerprint density at radius 2 is 1.75 bits per heavy atom. The number of fused-ring (bicyclic) bond motifs is 1. The molecule has 0 atom stereocenters. The van der Waals surface area contributed by atoms with E-state index in [1.54, 1.807) is 30.3 Å². The maximum absolute atomic E-state index is 13.1. The van der Waals surface area contributed by atoms with E-state index in [4.69, 9.17) is 11.6 Å². The molecule has 0 aliphatic heterocycles. The Morgan fingerprint density at radius 3 is 2.46 bits per heavy atom. The van der Waals surface area contributed by atoms with Crippen molar-refractivity contribution in [3.05, 3.63) is 65.3 Å². The molecule has 0 bridgehead atoms. The second-order valence-corrected chi connectivity index (χ2v) is 8.98. The van der Waals surface area contributed by atoms with Crippen molar-refractivity contribution in [2.45, 2.75) is 16.0 Å². The molecule has 2 aromatic carbocycles. The molecule has 3 rings (SSSR count).